The molecule has 0 aliphatic rings. The SMILES string of the molecule is CCCNN(CC)C(Cc1ccccc1)C(=O)O. The lowest BCUT2D eigenvalue weighted by molar-refractivity contribution is -0.144. The summed E-state index contributed by atoms with van der Waals surface area (Å²) < 4.78 is 0. The van der Waals surface area contributed by atoms with E-state index >= 15 is 0 Å². The Kier molecular flexibility index (Phi) is 6.39. The minimum atomic E-state index is -0.788. The smallest absolute Gasteiger partial charge is 0.322 e. The van der Waals surface area contributed by atoms with Crippen LogP contribution in [-0.2, 0) is 11.2 Å². The van der Waals surface area contributed by atoms with E-state index in [0.717, 1.165) is 18.5 Å². The molecule has 1 atom stereocenters. The molecule has 1 aromatic carbocycles. The molecule has 0 saturated carbocycles. The van der Waals surface area contributed by atoms with Gasteiger partial charge in [0.25, 0.3) is 0 Å². The molecule has 100 valence electrons. The summed E-state index contributed by atoms with van der Waals surface area (Å²) in [6.45, 7) is 5.49. The number of hydrazine groups is 1. The molecule has 0 aliphatic heterocycles. The van der Waals surface area contributed by atoms with Gasteiger partial charge < -0.3 is 5.11 Å². The fourth-order valence-electron chi connectivity index (χ4n) is 1.87. The molecule has 18 heavy (non-hydrogen) atoms. The summed E-state index contributed by atoms with van der Waals surface area (Å²) in [6, 6.07) is 9.21. The molecule has 0 fully saturated rings. The third-order valence-corrected chi connectivity index (χ3v) is 2.84. The second kappa shape index (κ2) is 7.84. The van der Waals surface area contributed by atoms with Crippen LogP contribution >= 0.6 is 0 Å². The number of benzene rings is 1. The molecule has 0 aliphatic carbocycles. The van der Waals surface area contributed by atoms with Crippen molar-refractivity contribution in [2.24, 2.45) is 0 Å². The predicted molar refractivity (Wildman–Crippen MR) is 72.2 cm³/mol. The summed E-state index contributed by atoms with van der Waals surface area (Å²) >= 11 is 0. The highest BCUT2D eigenvalue weighted by Crippen LogP contribution is 2.08. The molecule has 0 heterocycles. The molecule has 0 aromatic heterocycles. The second-order valence-corrected chi connectivity index (χ2v) is 4.24. The fraction of sp³-hybridized carbons (Fsp3) is 0.500. The summed E-state index contributed by atoms with van der Waals surface area (Å²) in [5.41, 5.74) is 4.22. The van der Waals surface area contributed by atoms with Crippen molar-refractivity contribution in [3.05, 3.63) is 35.9 Å². The van der Waals surface area contributed by atoms with Crippen molar-refractivity contribution in [3.8, 4) is 0 Å². The van der Waals surface area contributed by atoms with Gasteiger partial charge in [0.15, 0.2) is 0 Å². The van der Waals surface area contributed by atoms with Crippen molar-refractivity contribution in [3.63, 3.8) is 0 Å². The van der Waals surface area contributed by atoms with Crippen molar-refractivity contribution < 1.29 is 9.90 Å². The second-order valence-electron chi connectivity index (χ2n) is 4.24. The molecule has 1 aromatic rings. The number of rotatable bonds is 8. The first-order valence-electron chi connectivity index (χ1n) is 6.45. The largest absolute Gasteiger partial charge is 0.480 e. The number of hydrogen-bond acceptors (Lipinski definition) is 3. The third kappa shape index (κ3) is 4.47. The van der Waals surface area contributed by atoms with Gasteiger partial charge in [0.1, 0.15) is 6.04 Å². The average molecular weight is 250 g/mol. The van der Waals surface area contributed by atoms with Crippen LogP contribution in [-0.4, -0.2) is 35.2 Å². The van der Waals surface area contributed by atoms with E-state index in [0.29, 0.717) is 13.0 Å². The van der Waals surface area contributed by atoms with Crippen LogP contribution in [0.5, 0.6) is 0 Å². The van der Waals surface area contributed by atoms with Gasteiger partial charge in [-0.2, -0.15) is 0 Å². The summed E-state index contributed by atoms with van der Waals surface area (Å²) in [5, 5.41) is 11.2. The van der Waals surface area contributed by atoms with Crippen LogP contribution in [0.4, 0.5) is 0 Å². The Bertz CT molecular complexity index is 354. The van der Waals surface area contributed by atoms with Crippen LogP contribution < -0.4 is 5.43 Å². The maximum absolute atomic E-state index is 11.4. The van der Waals surface area contributed by atoms with Crippen molar-refractivity contribution in [2.75, 3.05) is 13.1 Å². The third-order valence-electron chi connectivity index (χ3n) is 2.84. The van der Waals surface area contributed by atoms with Crippen molar-refractivity contribution in [2.45, 2.75) is 32.7 Å². The van der Waals surface area contributed by atoms with Crippen LogP contribution in [0.1, 0.15) is 25.8 Å². The molecule has 0 bridgehead atoms. The molecule has 4 heteroatoms. The molecule has 0 spiro atoms. The minimum absolute atomic E-state index is 0.515. The van der Waals surface area contributed by atoms with Crippen LogP contribution in [0, 0.1) is 0 Å². The molecule has 0 amide bonds. The van der Waals surface area contributed by atoms with Crippen LogP contribution in [0.25, 0.3) is 0 Å². The van der Waals surface area contributed by atoms with Gasteiger partial charge >= 0.3 is 5.97 Å². The number of nitrogens with one attached hydrogen (secondary N) is 1. The Balaban J connectivity index is 2.71. The molecule has 4 nitrogen and oxygen atoms in total. The zero-order valence-electron chi connectivity index (χ0n) is 11.1. The topological polar surface area (TPSA) is 52.6 Å². The summed E-state index contributed by atoms with van der Waals surface area (Å²) in [7, 11) is 0. The van der Waals surface area contributed by atoms with E-state index in [-0.39, 0.29) is 0 Å². The van der Waals surface area contributed by atoms with Crippen LogP contribution in [0.3, 0.4) is 0 Å². The van der Waals surface area contributed by atoms with E-state index < -0.39 is 12.0 Å². The minimum Gasteiger partial charge on any atom is -0.480 e. The molecule has 1 unspecified atom stereocenters. The highest BCUT2D eigenvalue weighted by molar-refractivity contribution is 5.73. The average Bonchev–Trinajstić information content (AvgIpc) is 2.39. The van der Waals surface area contributed by atoms with E-state index in [2.05, 4.69) is 12.3 Å². The number of carboxylic acids is 1. The highest BCUT2D eigenvalue weighted by Gasteiger charge is 2.24. The quantitative estimate of drug-likeness (QED) is 0.692. The maximum Gasteiger partial charge on any atom is 0.322 e. The van der Waals surface area contributed by atoms with Gasteiger partial charge in [0.05, 0.1) is 0 Å². The van der Waals surface area contributed by atoms with E-state index in [1.807, 2.05) is 37.3 Å². The molecular formula is C14H22N2O2. The molecular weight excluding hydrogens is 228 g/mol. The lowest BCUT2D eigenvalue weighted by Crippen LogP contribution is -2.50. The zero-order valence-corrected chi connectivity index (χ0v) is 11.1. The molecule has 2 N–H and O–H groups in total. The molecule has 0 saturated heterocycles. The summed E-state index contributed by atoms with van der Waals surface area (Å²) in [4.78, 5) is 11.4. The van der Waals surface area contributed by atoms with E-state index in [1.165, 1.54) is 0 Å². The van der Waals surface area contributed by atoms with Gasteiger partial charge in [-0.15, -0.1) is 0 Å². The van der Waals surface area contributed by atoms with E-state index in [1.54, 1.807) is 5.01 Å². The highest BCUT2D eigenvalue weighted by atomic mass is 16.4. The number of carboxylic acid groups (broad SMARTS) is 1. The summed E-state index contributed by atoms with van der Waals surface area (Å²) in [5.74, 6) is -0.788. The Hall–Kier alpha value is -1.39. The van der Waals surface area contributed by atoms with Gasteiger partial charge in [-0.05, 0) is 18.4 Å². The lowest BCUT2D eigenvalue weighted by Gasteiger charge is -2.28. The van der Waals surface area contributed by atoms with Crippen molar-refractivity contribution >= 4 is 5.97 Å². The van der Waals surface area contributed by atoms with Crippen molar-refractivity contribution in [1.29, 1.82) is 0 Å². The number of aliphatic carboxylic acids is 1. The number of likely N-dealkylation sites (N-methyl/N-ethyl adjacent to an activating group) is 1. The van der Waals surface area contributed by atoms with Gasteiger partial charge in [0.2, 0.25) is 0 Å². The number of carbonyl (C=O) groups is 1. The predicted octanol–water partition coefficient (Wildman–Crippen LogP) is 1.92. The Morgan fingerprint density at radius 1 is 1.33 bits per heavy atom. The van der Waals surface area contributed by atoms with E-state index in [9.17, 15) is 9.90 Å². The Labute approximate surface area is 109 Å². The summed E-state index contributed by atoms with van der Waals surface area (Å²) in [6.07, 6.45) is 1.49. The number of nitrogens with zero attached hydrogens (tertiary/aromatic N) is 1. The van der Waals surface area contributed by atoms with Gasteiger partial charge in [-0.1, -0.05) is 44.2 Å². The van der Waals surface area contributed by atoms with Crippen molar-refractivity contribution in [1.82, 2.24) is 10.4 Å². The Morgan fingerprint density at radius 3 is 2.50 bits per heavy atom. The van der Waals surface area contributed by atoms with E-state index in [4.69, 9.17) is 0 Å². The van der Waals surface area contributed by atoms with Gasteiger partial charge in [-0.25, -0.2) is 5.01 Å². The zero-order chi connectivity index (χ0) is 13.4. The number of hydrogen-bond donors (Lipinski definition) is 2. The van der Waals surface area contributed by atoms with Crippen LogP contribution in [0.2, 0.25) is 0 Å². The standard InChI is InChI=1S/C14H22N2O2/c1-3-10-15-16(4-2)13(14(17)18)11-12-8-6-5-7-9-12/h5-9,13,15H,3-4,10-11H2,1-2H3,(H,17,18). The Morgan fingerprint density at radius 2 is 2.00 bits per heavy atom. The molecule has 0 radical (unpaired) electrons. The first-order valence-corrected chi connectivity index (χ1v) is 6.45. The van der Waals surface area contributed by atoms with Gasteiger partial charge in [0, 0.05) is 13.1 Å². The van der Waals surface area contributed by atoms with Crippen LogP contribution in [0.15, 0.2) is 30.3 Å². The fourth-order valence-corrected chi connectivity index (χ4v) is 1.87. The van der Waals surface area contributed by atoms with Gasteiger partial charge in [-0.3, -0.25) is 10.2 Å². The lowest BCUT2D eigenvalue weighted by atomic mass is 10.1. The molecule has 1 rings (SSSR count). The maximum atomic E-state index is 11.4. The monoisotopic (exact) mass is 250 g/mol. The first-order chi connectivity index (χ1) is 8.69. The normalized spacial score (nSPS) is 12.6. The first kappa shape index (κ1) is 14.7.